The highest BCUT2D eigenvalue weighted by atomic mass is 16.3. The average Bonchev–Trinajstić information content (AvgIpc) is 2.52. The van der Waals surface area contributed by atoms with Crippen molar-refractivity contribution in [2.45, 2.75) is 40.2 Å². The maximum atomic E-state index is 12.4. The number of aliphatic hydroxyl groups excluding tert-OH is 1. The molecule has 2 unspecified atom stereocenters. The lowest BCUT2D eigenvalue weighted by Crippen LogP contribution is -2.41. The Balaban J connectivity index is 2.26. The summed E-state index contributed by atoms with van der Waals surface area (Å²) in [5, 5.41) is 12.3. The lowest BCUT2D eigenvalue weighted by molar-refractivity contribution is 0.0891. The van der Waals surface area contributed by atoms with E-state index in [-0.39, 0.29) is 24.5 Å². The molecule has 0 fully saturated rings. The van der Waals surface area contributed by atoms with Gasteiger partial charge in [0, 0.05) is 5.56 Å². The molecule has 0 aliphatic carbocycles. The molecule has 1 aromatic heterocycles. The number of aryl methyl sites for hydroxylation is 2. The van der Waals surface area contributed by atoms with Gasteiger partial charge in [-0.15, -0.1) is 0 Å². The third-order valence-electron chi connectivity index (χ3n) is 4.18. The second-order valence-corrected chi connectivity index (χ2v) is 5.75. The summed E-state index contributed by atoms with van der Waals surface area (Å²) in [4.78, 5) is 21.3. The van der Waals surface area contributed by atoms with Crippen molar-refractivity contribution in [1.82, 2.24) is 15.3 Å². The van der Waals surface area contributed by atoms with Crippen LogP contribution in [0.2, 0.25) is 0 Å². The number of benzene rings is 1. The second-order valence-electron chi connectivity index (χ2n) is 5.75. The van der Waals surface area contributed by atoms with Gasteiger partial charge in [0.05, 0.1) is 35.1 Å². The summed E-state index contributed by atoms with van der Waals surface area (Å²) in [5.41, 5.74) is 3.77. The largest absolute Gasteiger partial charge is 0.394 e. The zero-order chi connectivity index (χ0) is 16.3. The summed E-state index contributed by atoms with van der Waals surface area (Å²) < 4.78 is 0. The molecule has 0 bridgehead atoms. The number of hydrogen-bond donors (Lipinski definition) is 2. The number of amides is 1. The minimum atomic E-state index is -0.237. The maximum Gasteiger partial charge on any atom is 0.251 e. The van der Waals surface area contributed by atoms with Crippen LogP contribution < -0.4 is 5.32 Å². The molecule has 0 aliphatic heterocycles. The van der Waals surface area contributed by atoms with Gasteiger partial charge in [-0.3, -0.25) is 4.79 Å². The number of aromatic nitrogens is 2. The summed E-state index contributed by atoms with van der Waals surface area (Å²) in [6.07, 6.45) is 0.896. The van der Waals surface area contributed by atoms with Crippen molar-refractivity contribution < 1.29 is 9.90 Å². The molecule has 0 spiro atoms. The van der Waals surface area contributed by atoms with Crippen LogP contribution in [0.25, 0.3) is 11.0 Å². The zero-order valence-corrected chi connectivity index (χ0v) is 13.6. The van der Waals surface area contributed by atoms with Crippen LogP contribution in [0.15, 0.2) is 18.2 Å². The van der Waals surface area contributed by atoms with Crippen molar-refractivity contribution in [2.75, 3.05) is 6.61 Å². The Morgan fingerprint density at radius 2 is 1.86 bits per heavy atom. The minimum Gasteiger partial charge on any atom is -0.394 e. The predicted molar refractivity (Wildman–Crippen MR) is 86.8 cm³/mol. The molecule has 0 aliphatic rings. The Hall–Kier alpha value is -2.01. The Morgan fingerprint density at radius 1 is 1.23 bits per heavy atom. The van der Waals surface area contributed by atoms with E-state index in [4.69, 9.17) is 0 Å². The van der Waals surface area contributed by atoms with Crippen LogP contribution in [0.1, 0.15) is 42.0 Å². The third-order valence-corrected chi connectivity index (χ3v) is 4.18. The molecule has 1 heterocycles. The van der Waals surface area contributed by atoms with Crippen LogP contribution in [0, 0.1) is 19.8 Å². The monoisotopic (exact) mass is 301 g/mol. The van der Waals surface area contributed by atoms with Gasteiger partial charge in [-0.2, -0.15) is 0 Å². The van der Waals surface area contributed by atoms with Crippen LogP contribution in [-0.2, 0) is 0 Å². The minimum absolute atomic E-state index is 0.0631. The SMILES string of the molecule is CCC(C)C(CO)NC(=O)c1ccc2nc(C)c(C)nc2c1. The highest BCUT2D eigenvalue weighted by Crippen LogP contribution is 2.15. The molecule has 2 aromatic rings. The normalized spacial score (nSPS) is 13.9. The lowest BCUT2D eigenvalue weighted by Gasteiger charge is -2.22. The van der Waals surface area contributed by atoms with Gasteiger partial charge in [-0.05, 0) is 38.0 Å². The number of fused-ring (bicyclic) bond motifs is 1. The quantitative estimate of drug-likeness (QED) is 0.889. The van der Waals surface area contributed by atoms with Gasteiger partial charge in [-0.25, -0.2) is 9.97 Å². The van der Waals surface area contributed by atoms with E-state index < -0.39 is 0 Å². The van der Waals surface area contributed by atoms with Crippen molar-refractivity contribution >= 4 is 16.9 Å². The predicted octanol–water partition coefficient (Wildman–Crippen LogP) is 2.38. The molecule has 2 N–H and O–H groups in total. The lowest BCUT2D eigenvalue weighted by atomic mass is 9.99. The van der Waals surface area contributed by atoms with Crippen molar-refractivity contribution in [1.29, 1.82) is 0 Å². The first-order valence-electron chi connectivity index (χ1n) is 7.63. The van der Waals surface area contributed by atoms with Crippen LogP contribution in [0.4, 0.5) is 0 Å². The molecule has 2 rings (SSSR count). The number of hydrogen-bond acceptors (Lipinski definition) is 4. The van der Waals surface area contributed by atoms with E-state index in [1.54, 1.807) is 18.2 Å². The van der Waals surface area contributed by atoms with E-state index in [9.17, 15) is 9.90 Å². The van der Waals surface area contributed by atoms with E-state index >= 15 is 0 Å². The fourth-order valence-corrected chi connectivity index (χ4v) is 2.28. The molecule has 5 heteroatoms. The number of rotatable bonds is 5. The molecule has 2 atom stereocenters. The fraction of sp³-hybridized carbons (Fsp3) is 0.471. The first kappa shape index (κ1) is 16.4. The Bertz CT molecular complexity index is 685. The number of nitrogens with one attached hydrogen (secondary N) is 1. The van der Waals surface area contributed by atoms with Gasteiger partial charge in [0.1, 0.15) is 0 Å². The topological polar surface area (TPSA) is 75.1 Å². The van der Waals surface area contributed by atoms with E-state index in [0.717, 1.165) is 23.3 Å². The number of carbonyl (C=O) groups excluding carboxylic acids is 1. The van der Waals surface area contributed by atoms with Gasteiger partial charge in [0.15, 0.2) is 0 Å². The van der Waals surface area contributed by atoms with Gasteiger partial charge >= 0.3 is 0 Å². The number of nitrogens with zero attached hydrogens (tertiary/aromatic N) is 2. The fourth-order valence-electron chi connectivity index (χ4n) is 2.28. The van der Waals surface area contributed by atoms with Crippen LogP contribution in [0.5, 0.6) is 0 Å². The number of aliphatic hydroxyl groups is 1. The molecule has 22 heavy (non-hydrogen) atoms. The van der Waals surface area contributed by atoms with E-state index in [2.05, 4.69) is 15.3 Å². The highest BCUT2D eigenvalue weighted by Gasteiger charge is 2.18. The summed E-state index contributed by atoms with van der Waals surface area (Å²) >= 11 is 0. The summed E-state index contributed by atoms with van der Waals surface area (Å²) in [5.74, 6) is 0.0281. The highest BCUT2D eigenvalue weighted by molar-refractivity contribution is 5.97. The molecule has 1 amide bonds. The molecular formula is C17H23N3O2. The third kappa shape index (κ3) is 3.42. The van der Waals surface area contributed by atoms with Crippen molar-refractivity contribution in [2.24, 2.45) is 5.92 Å². The van der Waals surface area contributed by atoms with E-state index in [0.29, 0.717) is 11.1 Å². The van der Waals surface area contributed by atoms with E-state index in [1.165, 1.54) is 0 Å². The smallest absolute Gasteiger partial charge is 0.251 e. The van der Waals surface area contributed by atoms with Crippen LogP contribution in [0.3, 0.4) is 0 Å². The Kier molecular flexibility index (Phi) is 5.08. The van der Waals surface area contributed by atoms with Gasteiger partial charge in [0.25, 0.3) is 5.91 Å². The van der Waals surface area contributed by atoms with Crippen molar-refractivity contribution in [3.05, 3.63) is 35.2 Å². The van der Waals surface area contributed by atoms with E-state index in [1.807, 2.05) is 27.7 Å². The molecule has 1 aromatic carbocycles. The van der Waals surface area contributed by atoms with Crippen molar-refractivity contribution in [3.8, 4) is 0 Å². The summed E-state index contributed by atoms with van der Waals surface area (Å²) in [6.45, 7) is 7.81. The molecule has 0 saturated heterocycles. The molecule has 118 valence electrons. The average molecular weight is 301 g/mol. The van der Waals surface area contributed by atoms with Crippen LogP contribution >= 0.6 is 0 Å². The van der Waals surface area contributed by atoms with Gasteiger partial charge in [0.2, 0.25) is 0 Å². The van der Waals surface area contributed by atoms with Gasteiger partial charge < -0.3 is 10.4 Å². The second kappa shape index (κ2) is 6.83. The summed E-state index contributed by atoms with van der Waals surface area (Å²) in [6, 6.07) is 5.06. The standard InChI is InChI=1S/C17H23N3O2/c1-5-10(2)16(9-21)20-17(22)13-6-7-14-15(8-13)19-12(4)11(3)18-14/h6-8,10,16,21H,5,9H2,1-4H3,(H,20,22). The molecule has 0 saturated carbocycles. The van der Waals surface area contributed by atoms with Gasteiger partial charge in [-0.1, -0.05) is 20.3 Å². The maximum absolute atomic E-state index is 12.4. The number of carbonyl (C=O) groups is 1. The first-order chi connectivity index (χ1) is 10.5. The van der Waals surface area contributed by atoms with Crippen molar-refractivity contribution in [3.63, 3.8) is 0 Å². The zero-order valence-electron chi connectivity index (χ0n) is 13.6. The van der Waals surface area contributed by atoms with Crippen LogP contribution in [-0.4, -0.2) is 33.6 Å². The Labute approximate surface area is 130 Å². The molecule has 5 nitrogen and oxygen atoms in total. The Morgan fingerprint density at radius 3 is 2.45 bits per heavy atom. The summed E-state index contributed by atoms with van der Waals surface area (Å²) in [7, 11) is 0. The molecule has 0 radical (unpaired) electrons. The first-order valence-corrected chi connectivity index (χ1v) is 7.63. The molecular weight excluding hydrogens is 278 g/mol.